The molecule has 2 aromatic rings. The predicted octanol–water partition coefficient (Wildman–Crippen LogP) is 2.21. The highest BCUT2D eigenvalue weighted by atomic mass is 16.6. The van der Waals surface area contributed by atoms with Gasteiger partial charge in [-0.05, 0) is 31.9 Å². The third-order valence-corrected chi connectivity index (χ3v) is 3.23. The van der Waals surface area contributed by atoms with Gasteiger partial charge in [0.15, 0.2) is 0 Å². The summed E-state index contributed by atoms with van der Waals surface area (Å²) in [6.45, 7) is 2.25. The summed E-state index contributed by atoms with van der Waals surface area (Å²) in [5, 5.41) is 22.0. The van der Waals surface area contributed by atoms with Crippen LogP contribution in [-0.4, -0.2) is 21.2 Å². The zero-order valence-corrected chi connectivity index (χ0v) is 11.0. The molecule has 20 heavy (non-hydrogen) atoms. The molecule has 1 aromatic carbocycles. The number of nitro groups is 1. The molecule has 1 heterocycles. The van der Waals surface area contributed by atoms with Crippen molar-refractivity contribution in [3.63, 3.8) is 0 Å². The molecule has 1 aliphatic rings. The summed E-state index contributed by atoms with van der Waals surface area (Å²) in [5.41, 5.74) is 1.35. The summed E-state index contributed by atoms with van der Waals surface area (Å²) in [5.74, 6) is 0.915. The van der Waals surface area contributed by atoms with Gasteiger partial charge in [0, 0.05) is 23.2 Å². The zero-order chi connectivity index (χ0) is 14.1. The normalized spacial score (nSPS) is 14.4. The Morgan fingerprint density at radius 2 is 2.25 bits per heavy atom. The molecule has 1 fully saturated rings. The first-order chi connectivity index (χ1) is 9.63. The van der Waals surface area contributed by atoms with E-state index < -0.39 is 4.92 Å². The number of nitro benzene ring substituents is 1. The number of aryl methyl sites for hydroxylation is 1. The van der Waals surface area contributed by atoms with Crippen molar-refractivity contribution in [2.45, 2.75) is 32.4 Å². The van der Waals surface area contributed by atoms with Gasteiger partial charge in [-0.3, -0.25) is 10.1 Å². The van der Waals surface area contributed by atoms with Gasteiger partial charge in [0.2, 0.25) is 11.8 Å². The second kappa shape index (κ2) is 5.01. The highest BCUT2D eigenvalue weighted by Gasteiger charge is 2.21. The molecule has 7 nitrogen and oxygen atoms in total. The number of aromatic nitrogens is 2. The first-order valence-electron chi connectivity index (χ1n) is 6.44. The molecular weight excluding hydrogens is 260 g/mol. The molecule has 0 saturated heterocycles. The van der Waals surface area contributed by atoms with Crippen LogP contribution in [0.25, 0.3) is 11.5 Å². The van der Waals surface area contributed by atoms with Crippen molar-refractivity contribution in [3.05, 3.63) is 39.8 Å². The van der Waals surface area contributed by atoms with Crippen molar-refractivity contribution in [3.8, 4) is 11.5 Å². The molecule has 0 radical (unpaired) electrons. The van der Waals surface area contributed by atoms with Crippen LogP contribution in [0.5, 0.6) is 0 Å². The summed E-state index contributed by atoms with van der Waals surface area (Å²) in [6.07, 6.45) is 2.39. The monoisotopic (exact) mass is 274 g/mol. The summed E-state index contributed by atoms with van der Waals surface area (Å²) in [6, 6.07) is 5.34. The Morgan fingerprint density at radius 3 is 2.90 bits per heavy atom. The van der Waals surface area contributed by atoms with Crippen LogP contribution in [-0.2, 0) is 6.54 Å². The zero-order valence-electron chi connectivity index (χ0n) is 11.0. The van der Waals surface area contributed by atoms with Gasteiger partial charge in [0.25, 0.3) is 5.69 Å². The molecular formula is C13H14N4O3. The minimum absolute atomic E-state index is 0.0869. The Morgan fingerprint density at radius 1 is 1.45 bits per heavy atom. The largest absolute Gasteiger partial charge is 0.419 e. The van der Waals surface area contributed by atoms with E-state index in [1.165, 1.54) is 18.9 Å². The van der Waals surface area contributed by atoms with Gasteiger partial charge < -0.3 is 9.73 Å². The topological polar surface area (TPSA) is 94.1 Å². The maximum atomic E-state index is 10.8. The molecule has 0 unspecified atom stereocenters. The summed E-state index contributed by atoms with van der Waals surface area (Å²) in [4.78, 5) is 10.4. The average molecular weight is 274 g/mol. The Labute approximate surface area is 115 Å². The van der Waals surface area contributed by atoms with Gasteiger partial charge in [-0.25, -0.2) is 0 Å². The lowest BCUT2D eigenvalue weighted by molar-refractivity contribution is -0.385. The van der Waals surface area contributed by atoms with E-state index in [4.69, 9.17) is 4.42 Å². The lowest BCUT2D eigenvalue weighted by Gasteiger charge is -1.99. The SMILES string of the molecule is Cc1cc(-c2nnc(CNC3CC3)o2)ccc1[N+](=O)[O-]. The molecule has 1 N–H and O–H groups in total. The fourth-order valence-corrected chi connectivity index (χ4v) is 1.95. The Bertz CT molecular complexity index is 649. The summed E-state index contributed by atoms with van der Waals surface area (Å²) >= 11 is 0. The first-order valence-corrected chi connectivity index (χ1v) is 6.44. The van der Waals surface area contributed by atoms with Gasteiger partial charge in [0.1, 0.15) is 0 Å². The number of hydrogen-bond donors (Lipinski definition) is 1. The minimum atomic E-state index is -0.405. The molecule has 0 spiro atoms. The second-order valence-corrected chi connectivity index (χ2v) is 4.91. The fourth-order valence-electron chi connectivity index (χ4n) is 1.95. The van der Waals surface area contributed by atoms with Crippen molar-refractivity contribution in [2.24, 2.45) is 0 Å². The molecule has 3 rings (SSSR count). The van der Waals surface area contributed by atoms with Crippen LogP contribution in [0.15, 0.2) is 22.6 Å². The number of nitrogens with one attached hydrogen (secondary N) is 1. The highest BCUT2D eigenvalue weighted by Crippen LogP contribution is 2.25. The third-order valence-electron chi connectivity index (χ3n) is 3.23. The Hall–Kier alpha value is -2.28. The Kier molecular flexibility index (Phi) is 3.19. The number of benzene rings is 1. The standard InChI is InChI=1S/C13H14N4O3/c1-8-6-9(2-5-11(8)17(18)19)13-16-15-12(20-13)7-14-10-3-4-10/h2,5-6,10,14H,3-4,7H2,1H3. The van der Waals surface area contributed by atoms with Crippen molar-refractivity contribution in [1.29, 1.82) is 0 Å². The predicted molar refractivity (Wildman–Crippen MR) is 71.0 cm³/mol. The van der Waals surface area contributed by atoms with Crippen LogP contribution in [0.2, 0.25) is 0 Å². The van der Waals surface area contributed by atoms with Crippen LogP contribution >= 0.6 is 0 Å². The van der Waals surface area contributed by atoms with E-state index >= 15 is 0 Å². The van der Waals surface area contributed by atoms with Gasteiger partial charge in [-0.2, -0.15) is 0 Å². The average Bonchev–Trinajstić information content (AvgIpc) is 3.13. The Balaban J connectivity index is 1.77. The van der Waals surface area contributed by atoms with E-state index in [2.05, 4.69) is 15.5 Å². The van der Waals surface area contributed by atoms with Crippen molar-refractivity contribution < 1.29 is 9.34 Å². The van der Waals surface area contributed by atoms with Gasteiger partial charge >= 0.3 is 0 Å². The summed E-state index contributed by atoms with van der Waals surface area (Å²) in [7, 11) is 0. The van der Waals surface area contributed by atoms with Crippen LogP contribution in [0, 0.1) is 17.0 Å². The van der Waals surface area contributed by atoms with E-state index in [0.29, 0.717) is 35.5 Å². The molecule has 104 valence electrons. The van der Waals surface area contributed by atoms with E-state index in [9.17, 15) is 10.1 Å². The van der Waals surface area contributed by atoms with Crippen molar-refractivity contribution in [2.75, 3.05) is 0 Å². The van der Waals surface area contributed by atoms with Crippen molar-refractivity contribution >= 4 is 5.69 Å². The molecule has 0 amide bonds. The number of hydrogen-bond acceptors (Lipinski definition) is 6. The van der Waals surface area contributed by atoms with Crippen LogP contribution in [0.4, 0.5) is 5.69 Å². The molecule has 0 atom stereocenters. The van der Waals surface area contributed by atoms with E-state index in [0.717, 1.165) is 0 Å². The minimum Gasteiger partial charge on any atom is -0.419 e. The quantitative estimate of drug-likeness (QED) is 0.663. The molecule has 0 bridgehead atoms. The molecule has 0 aliphatic heterocycles. The molecule has 1 saturated carbocycles. The van der Waals surface area contributed by atoms with Gasteiger partial charge in [0.05, 0.1) is 11.5 Å². The maximum Gasteiger partial charge on any atom is 0.272 e. The maximum absolute atomic E-state index is 10.8. The van der Waals surface area contributed by atoms with E-state index in [-0.39, 0.29) is 5.69 Å². The van der Waals surface area contributed by atoms with E-state index in [1.807, 2.05) is 0 Å². The van der Waals surface area contributed by atoms with Crippen LogP contribution < -0.4 is 5.32 Å². The first kappa shape index (κ1) is 12.7. The molecule has 7 heteroatoms. The fraction of sp³-hybridized carbons (Fsp3) is 0.385. The smallest absolute Gasteiger partial charge is 0.272 e. The number of rotatable bonds is 5. The summed E-state index contributed by atoms with van der Waals surface area (Å²) < 4.78 is 5.55. The van der Waals surface area contributed by atoms with Crippen LogP contribution in [0.1, 0.15) is 24.3 Å². The lowest BCUT2D eigenvalue weighted by Crippen LogP contribution is -2.15. The van der Waals surface area contributed by atoms with Crippen molar-refractivity contribution in [1.82, 2.24) is 15.5 Å². The third kappa shape index (κ3) is 2.67. The number of nitrogens with zero attached hydrogens (tertiary/aromatic N) is 3. The second-order valence-electron chi connectivity index (χ2n) is 4.91. The molecule has 1 aliphatic carbocycles. The van der Waals surface area contributed by atoms with Gasteiger partial charge in [-0.15, -0.1) is 10.2 Å². The highest BCUT2D eigenvalue weighted by molar-refractivity contribution is 5.58. The van der Waals surface area contributed by atoms with Crippen LogP contribution in [0.3, 0.4) is 0 Å². The van der Waals surface area contributed by atoms with E-state index in [1.54, 1.807) is 19.1 Å². The van der Waals surface area contributed by atoms with Gasteiger partial charge in [-0.1, -0.05) is 0 Å². The lowest BCUT2D eigenvalue weighted by atomic mass is 10.1. The molecule has 1 aromatic heterocycles.